The van der Waals surface area contributed by atoms with Crippen molar-refractivity contribution in [3.63, 3.8) is 0 Å². The van der Waals surface area contributed by atoms with Gasteiger partial charge in [0.05, 0.1) is 4.92 Å². The molecule has 0 amide bonds. The van der Waals surface area contributed by atoms with Gasteiger partial charge in [-0.1, -0.05) is 0 Å². The molecule has 2 rings (SSSR count). The molecule has 2 N–H and O–H groups in total. The average molecular weight is 280 g/mol. The molecule has 20 heavy (non-hydrogen) atoms. The SMILES string of the molecule is O=C(O)c1cc(NCCC2CCOC2)ccc1[N+](=O)[O-]. The fourth-order valence-corrected chi connectivity index (χ4v) is 2.21. The minimum absolute atomic E-state index is 0.302. The van der Waals surface area contributed by atoms with E-state index < -0.39 is 16.6 Å². The summed E-state index contributed by atoms with van der Waals surface area (Å²) in [6, 6.07) is 4.03. The van der Waals surface area contributed by atoms with Gasteiger partial charge in [0.2, 0.25) is 0 Å². The summed E-state index contributed by atoms with van der Waals surface area (Å²) in [5.41, 5.74) is -0.122. The Balaban J connectivity index is 1.99. The number of anilines is 1. The molecule has 1 atom stereocenters. The number of hydrogen-bond donors (Lipinski definition) is 2. The van der Waals surface area contributed by atoms with Crippen molar-refractivity contribution in [2.45, 2.75) is 12.8 Å². The highest BCUT2D eigenvalue weighted by Gasteiger charge is 2.20. The molecule has 0 radical (unpaired) electrons. The molecule has 1 aliphatic rings. The summed E-state index contributed by atoms with van der Waals surface area (Å²) in [6.07, 6.45) is 1.97. The normalized spacial score (nSPS) is 17.9. The summed E-state index contributed by atoms with van der Waals surface area (Å²) < 4.78 is 5.27. The van der Waals surface area contributed by atoms with Crippen LogP contribution in [0.25, 0.3) is 0 Å². The highest BCUT2D eigenvalue weighted by atomic mass is 16.6. The molecule has 108 valence electrons. The predicted molar refractivity (Wildman–Crippen MR) is 72.1 cm³/mol. The third-order valence-electron chi connectivity index (χ3n) is 3.33. The van der Waals surface area contributed by atoms with Crippen LogP contribution in [0, 0.1) is 16.0 Å². The molecule has 0 aliphatic carbocycles. The first-order chi connectivity index (χ1) is 9.58. The van der Waals surface area contributed by atoms with Gasteiger partial charge in [0.25, 0.3) is 5.69 Å². The van der Waals surface area contributed by atoms with E-state index in [2.05, 4.69) is 5.32 Å². The van der Waals surface area contributed by atoms with Gasteiger partial charge in [-0.25, -0.2) is 4.79 Å². The maximum atomic E-state index is 11.0. The summed E-state index contributed by atoms with van der Waals surface area (Å²) in [6.45, 7) is 2.25. The number of ether oxygens (including phenoxy) is 1. The zero-order valence-electron chi connectivity index (χ0n) is 10.9. The van der Waals surface area contributed by atoms with Gasteiger partial charge in [-0.15, -0.1) is 0 Å². The quantitative estimate of drug-likeness (QED) is 0.611. The fourth-order valence-electron chi connectivity index (χ4n) is 2.21. The number of hydrogen-bond acceptors (Lipinski definition) is 5. The highest BCUT2D eigenvalue weighted by molar-refractivity contribution is 5.93. The number of nitrogens with zero attached hydrogens (tertiary/aromatic N) is 1. The average Bonchev–Trinajstić information content (AvgIpc) is 2.91. The molecule has 1 heterocycles. The van der Waals surface area contributed by atoms with Gasteiger partial charge in [-0.05, 0) is 30.9 Å². The number of carbonyl (C=O) groups is 1. The van der Waals surface area contributed by atoms with Crippen molar-refractivity contribution in [3.8, 4) is 0 Å². The van der Waals surface area contributed by atoms with Gasteiger partial charge in [-0.3, -0.25) is 10.1 Å². The fraction of sp³-hybridized carbons (Fsp3) is 0.462. The van der Waals surface area contributed by atoms with Gasteiger partial charge < -0.3 is 15.2 Å². The van der Waals surface area contributed by atoms with E-state index in [-0.39, 0.29) is 5.56 Å². The van der Waals surface area contributed by atoms with Crippen molar-refractivity contribution in [2.24, 2.45) is 5.92 Å². The lowest BCUT2D eigenvalue weighted by atomic mass is 10.1. The number of carboxylic acid groups (broad SMARTS) is 1. The Kier molecular flexibility index (Phi) is 4.52. The molecular formula is C13H16N2O5. The Bertz CT molecular complexity index is 511. The Morgan fingerprint density at radius 1 is 1.55 bits per heavy atom. The number of nitro groups is 1. The molecule has 1 aliphatic heterocycles. The number of benzene rings is 1. The summed E-state index contributed by atoms with van der Waals surface area (Å²) in [7, 11) is 0. The molecule has 0 spiro atoms. The molecule has 0 aromatic heterocycles. The predicted octanol–water partition coefficient (Wildman–Crippen LogP) is 2.13. The lowest BCUT2D eigenvalue weighted by Gasteiger charge is -2.10. The van der Waals surface area contributed by atoms with Crippen LogP contribution >= 0.6 is 0 Å². The second kappa shape index (κ2) is 6.33. The largest absolute Gasteiger partial charge is 0.477 e. The van der Waals surface area contributed by atoms with Gasteiger partial charge in [0.1, 0.15) is 5.56 Å². The molecule has 1 aromatic rings. The molecule has 1 fully saturated rings. The van der Waals surface area contributed by atoms with E-state index >= 15 is 0 Å². The van der Waals surface area contributed by atoms with Gasteiger partial charge >= 0.3 is 5.97 Å². The number of nitrogens with one attached hydrogen (secondary N) is 1. The Morgan fingerprint density at radius 2 is 2.35 bits per heavy atom. The van der Waals surface area contributed by atoms with Crippen LogP contribution in [0.4, 0.5) is 11.4 Å². The van der Waals surface area contributed by atoms with E-state index in [0.29, 0.717) is 18.2 Å². The number of aromatic carboxylic acids is 1. The van der Waals surface area contributed by atoms with Gasteiger partial charge in [0, 0.05) is 31.5 Å². The summed E-state index contributed by atoms with van der Waals surface area (Å²) >= 11 is 0. The van der Waals surface area contributed by atoms with E-state index in [4.69, 9.17) is 9.84 Å². The van der Waals surface area contributed by atoms with Gasteiger partial charge in [-0.2, -0.15) is 0 Å². The number of carboxylic acids is 1. The van der Waals surface area contributed by atoms with Crippen LogP contribution in [0.3, 0.4) is 0 Å². The maximum absolute atomic E-state index is 11.0. The van der Waals surface area contributed by atoms with Gasteiger partial charge in [0.15, 0.2) is 0 Å². The van der Waals surface area contributed by atoms with Crippen molar-refractivity contribution in [1.82, 2.24) is 0 Å². The Morgan fingerprint density at radius 3 is 2.95 bits per heavy atom. The van der Waals surface area contributed by atoms with E-state index in [1.807, 2.05) is 0 Å². The zero-order valence-corrected chi connectivity index (χ0v) is 10.9. The second-order valence-corrected chi connectivity index (χ2v) is 4.74. The molecule has 0 saturated carbocycles. The van der Waals surface area contributed by atoms with E-state index in [0.717, 1.165) is 26.1 Å². The van der Waals surface area contributed by atoms with Crippen molar-refractivity contribution in [3.05, 3.63) is 33.9 Å². The smallest absolute Gasteiger partial charge is 0.342 e. The molecule has 7 nitrogen and oxygen atoms in total. The van der Waals surface area contributed by atoms with Crippen LogP contribution < -0.4 is 5.32 Å². The second-order valence-electron chi connectivity index (χ2n) is 4.74. The van der Waals surface area contributed by atoms with Crippen molar-refractivity contribution < 1.29 is 19.6 Å². The zero-order chi connectivity index (χ0) is 14.5. The Labute approximate surface area is 115 Å². The first-order valence-corrected chi connectivity index (χ1v) is 6.41. The first kappa shape index (κ1) is 14.3. The van der Waals surface area contributed by atoms with E-state index in [1.54, 1.807) is 0 Å². The van der Waals surface area contributed by atoms with Crippen LogP contribution in [0.1, 0.15) is 23.2 Å². The lowest BCUT2D eigenvalue weighted by Crippen LogP contribution is -2.10. The monoisotopic (exact) mass is 280 g/mol. The summed E-state index contributed by atoms with van der Waals surface area (Å²) in [5, 5.41) is 22.8. The van der Waals surface area contributed by atoms with E-state index in [1.165, 1.54) is 18.2 Å². The third kappa shape index (κ3) is 3.45. The van der Waals surface area contributed by atoms with Crippen LogP contribution in [0.2, 0.25) is 0 Å². The topological polar surface area (TPSA) is 102 Å². The van der Waals surface area contributed by atoms with Crippen LogP contribution in [0.5, 0.6) is 0 Å². The number of nitro benzene ring substituents is 1. The van der Waals surface area contributed by atoms with E-state index in [9.17, 15) is 14.9 Å². The molecule has 1 saturated heterocycles. The standard InChI is InChI=1S/C13H16N2O5/c16-13(17)11-7-10(1-2-12(11)15(18)19)14-5-3-9-4-6-20-8-9/h1-2,7,9,14H,3-6,8H2,(H,16,17). The molecule has 1 aromatic carbocycles. The van der Waals surface area contributed by atoms with Crippen LogP contribution in [0.15, 0.2) is 18.2 Å². The maximum Gasteiger partial charge on any atom is 0.342 e. The molecule has 1 unspecified atom stereocenters. The molecule has 0 bridgehead atoms. The minimum Gasteiger partial charge on any atom is -0.477 e. The number of rotatable bonds is 6. The van der Waals surface area contributed by atoms with Crippen LogP contribution in [-0.2, 0) is 4.74 Å². The van der Waals surface area contributed by atoms with Crippen molar-refractivity contribution >= 4 is 17.3 Å². The van der Waals surface area contributed by atoms with Crippen LogP contribution in [-0.4, -0.2) is 35.8 Å². The minimum atomic E-state index is -1.30. The Hall–Kier alpha value is -2.15. The summed E-state index contributed by atoms with van der Waals surface area (Å²) in [4.78, 5) is 21.1. The molecular weight excluding hydrogens is 264 g/mol. The highest BCUT2D eigenvalue weighted by Crippen LogP contribution is 2.23. The summed E-state index contributed by atoms with van der Waals surface area (Å²) in [5.74, 6) is -0.774. The van der Waals surface area contributed by atoms with Crippen molar-refractivity contribution in [2.75, 3.05) is 25.1 Å². The lowest BCUT2D eigenvalue weighted by molar-refractivity contribution is -0.385. The third-order valence-corrected chi connectivity index (χ3v) is 3.33. The first-order valence-electron chi connectivity index (χ1n) is 6.41. The molecule has 7 heteroatoms. The van der Waals surface area contributed by atoms with Crippen molar-refractivity contribution in [1.29, 1.82) is 0 Å².